The molecular formula is C28H23FN8O. The highest BCUT2D eigenvalue weighted by Gasteiger charge is 2.22. The smallest absolute Gasteiger partial charge is 0.229 e. The van der Waals surface area contributed by atoms with Crippen molar-refractivity contribution in [2.45, 2.75) is 20.8 Å². The van der Waals surface area contributed by atoms with Crippen LogP contribution in [-0.4, -0.2) is 41.0 Å². The van der Waals surface area contributed by atoms with Gasteiger partial charge in [-0.25, -0.2) is 14.4 Å². The summed E-state index contributed by atoms with van der Waals surface area (Å²) in [5, 5.41) is 10.4. The number of amides is 1. The predicted octanol–water partition coefficient (Wildman–Crippen LogP) is 5.75. The molecule has 0 aliphatic carbocycles. The summed E-state index contributed by atoms with van der Waals surface area (Å²) in [7, 11) is 0. The number of halogens is 1. The first kappa shape index (κ1) is 23.4. The van der Waals surface area contributed by atoms with Gasteiger partial charge in [-0.3, -0.25) is 19.9 Å². The third-order valence-electron chi connectivity index (χ3n) is 6.12. The maximum atomic E-state index is 13.5. The van der Waals surface area contributed by atoms with Gasteiger partial charge < -0.3 is 10.3 Å². The van der Waals surface area contributed by atoms with Crippen LogP contribution in [0.1, 0.15) is 20.8 Å². The van der Waals surface area contributed by atoms with Gasteiger partial charge in [0.1, 0.15) is 16.9 Å². The lowest BCUT2D eigenvalue weighted by atomic mass is 9.95. The Morgan fingerprint density at radius 3 is 2.47 bits per heavy atom. The lowest BCUT2D eigenvalue weighted by Gasteiger charge is -2.17. The average molecular weight is 507 g/mol. The van der Waals surface area contributed by atoms with E-state index in [1.54, 1.807) is 30.7 Å². The van der Waals surface area contributed by atoms with Crippen LogP contribution in [0.3, 0.4) is 0 Å². The number of benzene rings is 1. The van der Waals surface area contributed by atoms with Gasteiger partial charge in [0.05, 0.1) is 34.3 Å². The molecule has 0 bridgehead atoms. The van der Waals surface area contributed by atoms with Gasteiger partial charge in [0, 0.05) is 28.9 Å². The van der Waals surface area contributed by atoms with Crippen molar-refractivity contribution in [3.8, 4) is 34.0 Å². The summed E-state index contributed by atoms with van der Waals surface area (Å²) in [4.78, 5) is 34.1. The molecule has 0 saturated heterocycles. The van der Waals surface area contributed by atoms with Crippen LogP contribution >= 0.6 is 0 Å². The Morgan fingerprint density at radius 1 is 0.895 bits per heavy atom. The number of H-pyrrole nitrogens is 2. The Kier molecular flexibility index (Phi) is 5.45. The summed E-state index contributed by atoms with van der Waals surface area (Å²) in [6.45, 7) is 5.56. The van der Waals surface area contributed by atoms with Gasteiger partial charge in [-0.2, -0.15) is 5.10 Å². The molecule has 0 atom stereocenters. The Labute approximate surface area is 216 Å². The lowest BCUT2D eigenvalue weighted by molar-refractivity contribution is -0.123. The highest BCUT2D eigenvalue weighted by Crippen LogP contribution is 2.31. The van der Waals surface area contributed by atoms with Gasteiger partial charge in [0.15, 0.2) is 11.5 Å². The first-order valence-electron chi connectivity index (χ1n) is 12.0. The minimum Gasteiger partial charge on any atom is -0.336 e. The Balaban J connectivity index is 1.39. The van der Waals surface area contributed by atoms with E-state index in [4.69, 9.17) is 9.97 Å². The third kappa shape index (κ3) is 4.26. The normalized spacial score (nSPS) is 11.8. The molecule has 1 amide bonds. The topological polar surface area (TPSA) is 125 Å². The van der Waals surface area contributed by atoms with E-state index in [9.17, 15) is 9.18 Å². The molecule has 5 aromatic heterocycles. The summed E-state index contributed by atoms with van der Waals surface area (Å²) < 4.78 is 13.5. The zero-order chi connectivity index (χ0) is 26.4. The van der Waals surface area contributed by atoms with E-state index >= 15 is 0 Å². The number of anilines is 1. The maximum Gasteiger partial charge on any atom is 0.229 e. The average Bonchev–Trinajstić information content (AvgIpc) is 3.52. The van der Waals surface area contributed by atoms with Crippen LogP contribution in [0.5, 0.6) is 0 Å². The monoisotopic (exact) mass is 506 g/mol. The highest BCUT2D eigenvalue weighted by atomic mass is 19.1. The van der Waals surface area contributed by atoms with Crippen LogP contribution in [0.4, 0.5) is 10.1 Å². The Bertz CT molecular complexity index is 1820. The quantitative estimate of drug-likeness (QED) is 0.280. The molecule has 0 aliphatic rings. The molecule has 0 saturated carbocycles. The number of rotatable bonds is 4. The molecule has 0 spiro atoms. The lowest BCUT2D eigenvalue weighted by Crippen LogP contribution is -2.27. The molecule has 0 aliphatic heterocycles. The maximum absolute atomic E-state index is 13.5. The third-order valence-corrected chi connectivity index (χ3v) is 6.12. The summed E-state index contributed by atoms with van der Waals surface area (Å²) in [6, 6.07) is 13.6. The van der Waals surface area contributed by atoms with Crippen LogP contribution in [0, 0.1) is 11.2 Å². The molecule has 6 aromatic rings. The zero-order valence-electron chi connectivity index (χ0n) is 20.9. The molecular weight excluding hydrogens is 483 g/mol. The number of aromatic amines is 2. The minimum atomic E-state index is -0.530. The molecule has 38 heavy (non-hydrogen) atoms. The molecule has 6 rings (SSSR count). The molecule has 10 heteroatoms. The largest absolute Gasteiger partial charge is 0.336 e. The number of fused-ring (bicyclic) bond motifs is 2. The fourth-order valence-electron chi connectivity index (χ4n) is 4.06. The number of nitrogens with zero attached hydrogens (tertiary/aromatic N) is 5. The molecule has 3 N–H and O–H groups in total. The van der Waals surface area contributed by atoms with E-state index in [1.807, 2.05) is 45.0 Å². The Hall–Kier alpha value is -4.99. The van der Waals surface area contributed by atoms with Crippen molar-refractivity contribution in [2.75, 3.05) is 5.32 Å². The summed E-state index contributed by atoms with van der Waals surface area (Å²) >= 11 is 0. The van der Waals surface area contributed by atoms with Gasteiger partial charge in [-0.05, 0) is 48.5 Å². The van der Waals surface area contributed by atoms with Crippen molar-refractivity contribution in [3.63, 3.8) is 0 Å². The van der Waals surface area contributed by atoms with Crippen molar-refractivity contribution in [1.82, 2.24) is 35.1 Å². The number of hydrogen-bond donors (Lipinski definition) is 3. The van der Waals surface area contributed by atoms with Crippen molar-refractivity contribution in [3.05, 3.63) is 72.9 Å². The van der Waals surface area contributed by atoms with E-state index in [0.29, 0.717) is 39.6 Å². The number of hydrogen-bond acceptors (Lipinski definition) is 6. The molecule has 0 unspecified atom stereocenters. The van der Waals surface area contributed by atoms with Gasteiger partial charge in [0.2, 0.25) is 5.91 Å². The van der Waals surface area contributed by atoms with Crippen LogP contribution in [0.2, 0.25) is 0 Å². The summed E-state index contributed by atoms with van der Waals surface area (Å²) in [6.07, 6.45) is 4.99. The summed E-state index contributed by atoms with van der Waals surface area (Å²) in [5.41, 5.74) is 6.21. The second-order valence-corrected chi connectivity index (χ2v) is 9.98. The van der Waals surface area contributed by atoms with Crippen LogP contribution in [0.25, 0.3) is 56.1 Å². The molecule has 9 nitrogen and oxygen atoms in total. The fourth-order valence-corrected chi connectivity index (χ4v) is 4.06. The predicted molar refractivity (Wildman–Crippen MR) is 143 cm³/mol. The number of aromatic nitrogens is 7. The van der Waals surface area contributed by atoms with Crippen molar-refractivity contribution >= 4 is 33.7 Å². The van der Waals surface area contributed by atoms with E-state index in [2.05, 4.69) is 30.5 Å². The second kappa shape index (κ2) is 8.84. The van der Waals surface area contributed by atoms with Gasteiger partial charge in [0.25, 0.3) is 0 Å². The first-order chi connectivity index (χ1) is 18.3. The van der Waals surface area contributed by atoms with Gasteiger partial charge in [-0.1, -0.05) is 20.8 Å². The van der Waals surface area contributed by atoms with Crippen molar-refractivity contribution in [1.29, 1.82) is 0 Å². The Morgan fingerprint density at radius 2 is 1.68 bits per heavy atom. The number of imidazole rings is 1. The molecule has 0 fully saturated rings. The van der Waals surface area contributed by atoms with Crippen LogP contribution < -0.4 is 5.32 Å². The second-order valence-electron chi connectivity index (χ2n) is 9.98. The standard InChI is InChI=1S/C28H23FN8O/c1-28(2,3)27(38)32-18-12-16(13-30-14-18)19-8-9-21-24(33-19)25(37-36-21)26-34-20-10-11-31-22(23(20)35-26)15-4-6-17(29)7-5-15/h4-14H,1-3H3,(H,32,38)(H,34,35)(H,36,37). The van der Waals surface area contributed by atoms with Crippen molar-refractivity contribution in [2.24, 2.45) is 5.41 Å². The highest BCUT2D eigenvalue weighted by molar-refractivity contribution is 5.96. The first-order valence-corrected chi connectivity index (χ1v) is 12.0. The minimum absolute atomic E-state index is 0.101. The molecule has 188 valence electrons. The van der Waals surface area contributed by atoms with E-state index in [0.717, 1.165) is 22.2 Å². The fraction of sp³-hybridized carbons (Fsp3) is 0.143. The van der Waals surface area contributed by atoms with Crippen LogP contribution in [-0.2, 0) is 4.79 Å². The number of carbonyl (C=O) groups is 1. The number of nitrogens with one attached hydrogen (secondary N) is 3. The zero-order valence-corrected chi connectivity index (χ0v) is 20.9. The molecule has 1 aromatic carbocycles. The van der Waals surface area contributed by atoms with Gasteiger partial charge >= 0.3 is 0 Å². The van der Waals surface area contributed by atoms with Crippen molar-refractivity contribution < 1.29 is 9.18 Å². The van der Waals surface area contributed by atoms with E-state index in [1.165, 1.54) is 12.1 Å². The molecule has 5 heterocycles. The SMILES string of the molecule is CC(C)(C)C(=O)Nc1cncc(-c2ccc3[nH]nc(-c4nc5c(-c6ccc(F)cc6)nccc5[nH]4)c3n2)c1. The molecule has 0 radical (unpaired) electrons. The number of pyridine rings is 3. The summed E-state index contributed by atoms with van der Waals surface area (Å²) in [5.74, 6) is 0.110. The van der Waals surface area contributed by atoms with E-state index < -0.39 is 5.41 Å². The van der Waals surface area contributed by atoms with Gasteiger partial charge in [-0.15, -0.1) is 0 Å². The van der Waals surface area contributed by atoms with E-state index in [-0.39, 0.29) is 11.7 Å². The van der Waals surface area contributed by atoms with Crippen LogP contribution in [0.15, 0.2) is 67.1 Å². The number of carbonyl (C=O) groups excluding carboxylic acids is 1.